The highest BCUT2D eigenvalue weighted by Gasteiger charge is 2.19. The van der Waals surface area contributed by atoms with Gasteiger partial charge in [-0.3, -0.25) is 14.4 Å². The highest BCUT2D eigenvalue weighted by molar-refractivity contribution is 5.71. The fourth-order valence-corrected chi connectivity index (χ4v) is 10.3. The molecule has 0 saturated heterocycles. The molecular weight excluding hydrogens is 985 g/mol. The normalized spacial score (nSPS) is 12.5. The summed E-state index contributed by atoms with van der Waals surface area (Å²) in [5, 5.41) is 0. The van der Waals surface area contributed by atoms with Gasteiger partial charge in [0.15, 0.2) is 6.10 Å². The fourth-order valence-electron chi connectivity index (χ4n) is 10.3. The molecule has 0 aliphatic heterocycles. The van der Waals surface area contributed by atoms with Crippen LogP contribution < -0.4 is 0 Å². The first-order valence-electron chi connectivity index (χ1n) is 34.9. The minimum absolute atomic E-state index is 0.0706. The minimum atomic E-state index is -0.771. The Labute approximate surface area is 497 Å². The average Bonchev–Trinajstić information content (AvgIpc) is 3.46. The van der Waals surface area contributed by atoms with E-state index in [9.17, 15) is 14.4 Å². The summed E-state index contributed by atoms with van der Waals surface area (Å²) in [6.45, 7) is 6.54. The van der Waals surface area contributed by atoms with Crippen LogP contribution in [0.25, 0.3) is 0 Å². The van der Waals surface area contributed by atoms with Crippen molar-refractivity contribution in [2.75, 3.05) is 13.2 Å². The van der Waals surface area contributed by atoms with Crippen LogP contribution in [0.15, 0.2) is 72.9 Å². The minimum Gasteiger partial charge on any atom is -0.462 e. The van der Waals surface area contributed by atoms with Gasteiger partial charge in [0.1, 0.15) is 13.2 Å². The van der Waals surface area contributed by atoms with Gasteiger partial charge >= 0.3 is 17.9 Å². The smallest absolute Gasteiger partial charge is 0.306 e. The summed E-state index contributed by atoms with van der Waals surface area (Å²) in [7, 11) is 0. The zero-order valence-corrected chi connectivity index (χ0v) is 53.3. The van der Waals surface area contributed by atoms with Crippen LogP contribution in [0.4, 0.5) is 0 Å². The summed E-state index contributed by atoms with van der Waals surface area (Å²) in [6, 6.07) is 0. The second-order valence-electron chi connectivity index (χ2n) is 23.4. The molecule has 0 aliphatic carbocycles. The molecule has 0 aliphatic rings. The van der Waals surface area contributed by atoms with Crippen LogP contribution >= 0.6 is 0 Å². The van der Waals surface area contributed by atoms with E-state index in [0.29, 0.717) is 19.3 Å². The average molecular weight is 1120 g/mol. The Morgan fingerprint density at radius 2 is 0.487 bits per heavy atom. The maximum atomic E-state index is 12.9. The van der Waals surface area contributed by atoms with Crippen LogP contribution in [0.5, 0.6) is 0 Å². The molecule has 0 aromatic carbocycles. The maximum absolute atomic E-state index is 12.9. The second-order valence-corrected chi connectivity index (χ2v) is 23.4. The summed E-state index contributed by atoms with van der Waals surface area (Å²) < 4.78 is 16.9. The van der Waals surface area contributed by atoms with Crippen molar-refractivity contribution in [2.24, 2.45) is 0 Å². The predicted molar refractivity (Wildman–Crippen MR) is 348 cm³/mol. The Kier molecular flexibility index (Phi) is 65.7. The first kappa shape index (κ1) is 76.9. The van der Waals surface area contributed by atoms with Crippen LogP contribution in [0.3, 0.4) is 0 Å². The van der Waals surface area contributed by atoms with Crippen LogP contribution in [-0.2, 0) is 28.6 Å². The molecule has 1 atom stereocenters. The molecule has 6 heteroatoms. The molecule has 80 heavy (non-hydrogen) atoms. The number of carbonyl (C=O) groups excluding carboxylic acids is 3. The van der Waals surface area contributed by atoms with E-state index in [-0.39, 0.29) is 31.1 Å². The number of unbranched alkanes of at least 4 members (excludes halogenated alkanes) is 41. The lowest BCUT2D eigenvalue weighted by Crippen LogP contribution is -2.30. The van der Waals surface area contributed by atoms with Crippen molar-refractivity contribution in [2.45, 2.75) is 367 Å². The lowest BCUT2D eigenvalue weighted by molar-refractivity contribution is -0.167. The number of ether oxygens (including phenoxy) is 3. The van der Waals surface area contributed by atoms with Crippen molar-refractivity contribution in [1.82, 2.24) is 0 Å². The highest BCUT2D eigenvalue weighted by Crippen LogP contribution is 2.18. The monoisotopic (exact) mass is 1120 g/mol. The molecule has 0 fully saturated rings. The number of esters is 3. The fraction of sp³-hybridized carbons (Fsp3) is 0.797. The van der Waals surface area contributed by atoms with Crippen LogP contribution in [0.2, 0.25) is 0 Å². The first-order chi connectivity index (χ1) is 39.5. The quantitative estimate of drug-likeness (QED) is 0.0261. The number of carbonyl (C=O) groups is 3. The van der Waals surface area contributed by atoms with E-state index >= 15 is 0 Å². The third kappa shape index (κ3) is 65.7. The van der Waals surface area contributed by atoms with E-state index in [0.717, 1.165) is 96.3 Å². The van der Waals surface area contributed by atoms with Gasteiger partial charge in [0.05, 0.1) is 0 Å². The van der Waals surface area contributed by atoms with Gasteiger partial charge in [-0.1, -0.05) is 344 Å². The Morgan fingerprint density at radius 3 is 0.762 bits per heavy atom. The number of allylic oxidation sites excluding steroid dienone is 12. The molecule has 1 unspecified atom stereocenters. The molecule has 0 rings (SSSR count). The van der Waals surface area contributed by atoms with Gasteiger partial charge in [-0.2, -0.15) is 0 Å². The molecule has 6 nitrogen and oxygen atoms in total. The van der Waals surface area contributed by atoms with Crippen molar-refractivity contribution in [3.8, 4) is 0 Å². The Bertz CT molecular complexity index is 1470. The third-order valence-corrected chi connectivity index (χ3v) is 15.5. The SMILES string of the molecule is CC/C=C\C/C=C\C/C=C\C/C=C\C/C=C\C/C=C\CCCCCCCCCCCCCCC(=O)OCC(COC(=O)CCCCCCCCC)OC(=O)CCCCCCCCCCCCCCCCCCCCCCCCCC. The molecule has 0 spiro atoms. The van der Waals surface area contributed by atoms with E-state index in [1.807, 2.05) is 0 Å². The van der Waals surface area contributed by atoms with Gasteiger partial charge in [-0.15, -0.1) is 0 Å². The Morgan fingerprint density at radius 1 is 0.263 bits per heavy atom. The van der Waals surface area contributed by atoms with Crippen LogP contribution in [0, 0.1) is 0 Å². The maximum Gasteiger partial charge on any atom is 0.306 e. The predicted octanol–water partition coefficient (Wildman–Crippen LogP) is 24.1. The van der Waals surface area contributed by atoms with Crippen molar-refractivity contribution in [3.63, 3.8) is 0 Å². The molecule has 0 N–H and O–H groups in total. The van der Waals surface area contributed by atoms with E-state index in [2.05, 4.69) is 93.7 Å². The molecule has 0 aromatic rings. The van der Waals surface area contributed by atoms with Crippen molar-refractivity contribution in [3.05, 3.63) is 72.9 Å². The highest BCUT2D eigenvalue weighted by atomic mass is 16.6. The van der Waals surface area contributed by atoms with Crippen LogP contribution in [-0.4, -0.2) is 37.2 Å². The molecule has 464 valence electrons. The van der Waals surface area contributed by atoms with Gasteiger partial charge < -0.3 is 14.2 Å². The standard InChI is InChI=1S/C74H132O6/c1-4-7-10-13-16-18-20-22-24-26-28-30-32-34-35-36-37-38-39-40-42-43-45-47-49-51-53-55-58-61-64-67-73(76)79-70-71(69-78-72(75)66-63-60-57-15-12-9-6-3)80-74(77)68-65-62-59-56-54-52-50-48-46-44-41-33-31-29-27-25-23-21-19-17-14-11-8-5-2/h7,10,16,18,22,24,28,30,34-35,37-38,71H,4-6,8-9,11-15,17,19-21,23,25-27,29,31-33,36,39-70H2,1-3H3/b10-7-,18-16-,24-22-,30-28-,35-34-,38-37-. The van der Waals surface area contributed by atoms with Crippen LogP contribution in [0.1, 0.15) is 361 Å². The number of rotatable bonds is 64. The molecular formula is C74H132O6. The molecule has 0 amide bonds. The van der Waals surface area contributed by atoms with Gasteiger partial charge in [-0.25, -0.2) is 0 Å². The number of hydrogen-bond donors (Lipinski definition) is 0. The van der Waals surface area contributed by atoms with E-state index < -0.39 is 6.10 Å². The van der Waals surface area contributed by atoms with Crippen molar-refractivity contribution < 1.29 is 28.6 Å². The lowest BCUT2D eigenvalue weighted by atomic mass is 10.0. The summed E-state index contributed by atoms with van der Waals surface area (Å²) in [4.78, 5) is 38.2. The summed E-state index contributed by atoms with van der Waals surface area (Å²) >= 11 is 0. The third-order valence-electron chi connectivity index (χ3n) is 15.5. The van der Waals surface area contributed by atoms with Gasteiger partial charge in [-0.05, 0) is 70.6 Å². The topological polar surface area (TPSA) is 78.9 Å². The zero-order valence-electron chi connectivity index (χ0n) is 53.3. The summed E-state index contributed by atoms with van der Waals surface area (Å²) in [6.07, 6.45) is 89.6. The van der Waals surface area contributed by atoms with E-state index in [1.165, 1.54) is 225 Å². The van der Waals surface area contributed by atoms with Crippen molar-refractivity contribution in [1.29, 1.82) is 0 Å². The molecule has 0 aromatic heterocycles. The van der Waals surface area contributed by atoms with Gasteiger partial charge in [0.25, 0.3) is 0 Å². The van der Waals surface area contributed by atoms with E-state index in [4.69, 9.17) is 14.2 Å². The summed E-state index contributed by atoms with van der Waals surface area (Å²) in [5.41, 5.74) is 0. The lowest BCUT2D eigenvalue weighted by Gasteiger charge is -2.18. The number of hydrogen-bond acceptors (Lipinski definition) is 6. The Balaban J connectivity index is 4.06. The Hall–Kier alpha value is -3.15. The molecule has 0 radical (unpaired) electrons. The summed E-state index contributed by atoms with van der Waals surface area (Å²) in [5.74, 6) is -0.858. The molecule has 0 bridgehead atoms. The van der Waals surface area contributed by atoms with E-state index in [1.54, 1.807) is 0 Å². The van der Waals surface area contributed by atoms with Gasteiger partial charge in [0, 0.05) is 19.3 Å². The van der Waals surface area contributed by atoms with Gasteiger partial charge in [0.2, 0.25) is 0 Å². The largest absolute Gasteiger partial charge is 0.462 e. The zero-order chi connectivity index (χ0) is 57.8. The first-order valence-corrected chi connectivity index (χ1v) is 34.9. The molecule has 0 saturated carbocycles. The second kappa shape index (κ2) is 68.3. The van der Waals surface area contributed by atoms with Crippen molar-refractivity contribution >= 4 is 17.9 Å². The molecule has 0 heterocycles.